The summed E-state index contributed by atoms with van der Waals surface area (Å²) in [6.45, 7) is 1.79. The average Bonchev–Trinajstić information content (AvgIpc) is 2.45. The summed E-state index contributed by atoms with van der Waals surface area (Å²) in [6.07, 6.45) is -4.80. The third-order valence-corrected chi connectivity index (χ3v) is 2.25. The molecule has 1 aromatic rings. The SMILES string of the molecule is CCOOCC(C#N)NC(=O)c1ccc(OC(F)(F)F)cc1. The van der Waals surface area contributed by atoms with Crippen LogP contribution in [0.1, 0.15) is 17.3 Å². The van der Waals surface area contributed by atoms with E-state index in [1.165, 1.54) is 0 Å². The highest BCUT2D eigenvalue weighted by atomic mass is 19.4. The van der Waals surface area contributed by atoms with Crippen molar-refractivity contribution in [2.75, 3.05) is 13.2 Å². The number of nitrogens with zero attached hydrogens (tertiary/aromatic N) is 1. The van der Waals surface area contributed by atoms with E-state index in [4.69, 9.17) is 5.26 Å². The van der Waals surface area contributed by atoms with Crippen LogP contribution in [-0.4, -0.2) is 31.5 Å². The molecule has 0 saturated carbocycles. The van der Waals surface area contributed by atoms with Crippen molar-refractivity contribution >= 4 is 5.91 Å². The highest BCUT2D eigenvalue weighted by molar-refractivity contribution is 5.94. The van der Waals surface area contributed by atoms with Gasteiger partial charge in [0.25, 0.3) is 5.91 Å². The third-order valence-electron chi connectivity index (χ3n) is 2.25. The van der Waals surface area contributed by atoms with Gasteiger partial charge in [0.05, 0.1) is 12.7 Å². The number of rotatable bonds is 7. The van der Waals surface area contributed by atoms with Crippen LogP contribution in [0.5, 0.6) is 5.75 Å². The normalized spacial score (nSPS) is 12.3. The molecule has 6 nitrogen and oxygen atoms in total. The standard InChI is InChI=1S/C13H13F3N2O4/c1-2-20-21-8-10(7-17)18-12(19)9-3-5-11(6-4-9)22-13(14,15)16/h3-6,10H,2,8H2,1H3,(H,18,19). The summed E-state index contributed by atoms with van der Waals surface area (Å²) in [4.78, 5) is 21.1. The topological polar surface area (TPSA) is 80.6 Å². The van der Waals surface area contributed by atoms with E-state index in [1.54, 1.807) is 13.0 Å². The van der Waals surface area contributed by atoms with E-state index in [0.717, 1.165) is 24.3 Å². The van der Waals surface area contributed by atoms with E-state index in [9.17, 15) is 18.0 Å². The lowest BCUT2D eigenvalue weighted by Crippen LogP contribution is -2.37. The Labute approximate surface area is 124 Å². The van der Waals surface area contributed by atoms with Gasteiger partial charge >= 0.3 is 6.36 Å². The van der Waals surface area contributed by atoms with Crippen LogP contribution in [-0.2, 0) is 9.78 Å². The van der Waals surface area contributed by atoms with Crippen molar-refractivity contribution in [2.24, 2.45) is 0 Å². The molecule has 0 aromatic heterocycles. The number of benzene rings is 1. The first-order valence-corrected chi connectivity index (χ1v) is 6.16. The second-order valence-corrected chi connectivity index (χ2v) is 3.92. The molecule has 0 aliphatic heterocycles. The molecule has 0 fully saturated rings. The van der Waals surface area contributed by atoms with E-state index in [2.05, 4.69) is 19.8 Å². The summed E-state index contributed by atoms with van der Waals surface area (Å²) < 4.78 is 39.7. The van der Waals surface area contributed by atoms with Gasteiger partial charge in [-0.05, 0) is 31.2 Å². The molecule has 1 atom stereocenters. The fourth-order valence-corrected chi connectivity index (χ4v) is 1.36. The van der Waals surface area contributed by atoms with Gasteiger partial charge in [-0.3, -0.25) is 4.79 Å². The van der Waals surface area contributed by atoms with E-state index in [-0.39, 0.29) is 18.8 Å². The minimum atomic E-state index is -4.80. The molecule has 0 aliphatic carbocycles. The number of hydrogen-bond acceptors (Lipinski definition) is 5. The van der Waals surface area contributed by atoms with E-state index >= 15 is 0 Å². The Morgan fingerprint density at radius 1 is 1.32 bits per heavy atom. The molecular weight excluding hydrogens is 305 g/mol. The van der Waals surface area contributed by atoms with Crippen molar-refractivity contribution in [3.8, 4) is 11.8 Å². The van der Waals surface area contributed by atoms with Crippen LogP contribution in [0.4, 0.5) is 13.2 Å². The summed E-state index contributed by atoms with van der Waals surface area (Å²) in [7, 11) is 0. The highest BCUT2D eigenvalue weighted by Crippen LogP contribution is 2.22. The smallest absolute Gasteiger partial charge is 0.406 e. The lowest BCUT2D eigenvalue weighted by Gasteiger charge is -2.12. The first kappa shape index (κ1) is 17.7. The lowest BCUT2D eigenvalue weighted by molar-refractivity contribution is -0.292. The number of alkyl halides is 3. The van der Waals surface area contributed by atoms with Crippen molar-refractivity contribution in [1.29, 1.82) is 5.26 Å². The van der Waals surface area contributed by atoms with Gasteiger partial charge in [0.1, 0.15) is 18.4 Å². The molecular formula is C13H13F3N2O4. The molecule has 0 radical (unpaired) electrons. The van der Waals surface area contributed by atoms with Gasteiger partial charge in [0.15, 0.2) is 0 Å². The number of carbonyl (C=O) groups excluding carboxylic acids is 1. The third kappa shape index (κ3) is 6.43. The Hall–Kier alpha value is -2.31. The molecule has 1 amide bonds. The largest absolute Gasteiger partial charge is 0.573 e. The fraction of sp³-hybridized carbons (Fsp3) is 0.385. The molecule has 9 heteroatoms. The molecule has 0 spiro atoms. The average molecular weight is 318 g/mol. The summed E-state index contributed by atoms with van der Waals surface area (Å²) >= 11 is 0. The molecule has 1 rings (SSSR count). The first-order chi connectivity index (χ1) is 10.4. The predicted molar refractivity (Wildman–Crippen MR) is 67.6 cm³/mol. The molecule has 1 N–H and O–H groups in total. The number of nitriles is 1. The highest BCUT2D eigenvalue weighted by Gasteiger charge is 2.31. The number of carbonyl (C=O) groups is 1. The van der Waals surface area contributed by atoms with Gasteiger partial charge in [-0.25, -0.2) is 9.78 Å². The number of ether oxygens (including phenoxy) is 1. The zero-order valence-electron chi connectivity index (χ0n) is 11.5. The zero-order valence-corrected chi connectivity index (χ0v) is 11.5. The van der Waals surface area contributed by atoms with E-state index in [0.29, 0.717) is 0 Å². The molecule has 120 valence electrons. The Balaban J connectivity index is 2.60. The Morgan fingerprint density at radius 3 is 2.45 bits per heavy atom. The second-order valence-electron chi connectivity index (χ2n) is 3.92. The molecule has 0 bridgehead atoms. The second kappa shape index (κ2) is 8.21. The molecule has 22 heavy (non-hydrogen) atoms. The monoisotopic (exact) mass is 318 g/mol. The van der Waals surface area contributed by atoms with Crippen LogP contribution in [0.25, 0.3) is 0 Å². The minimum Gasteiger partial charge on any atom is -0.406 e. The van der Waals surface area contributed by atoms with Crippen LogP contribution in [0.3, 0.4) is 0 Å². The van der Waals surface area contributed by atoms with Crippen molar-refractivity contribution in [1.82, 2.24) is 5.32 Å². The number of halogens is 3. The van der Waals surface area contributed by atoms with Gasteiger partial charge in [0.2, 0.25) is 0 Å². The van der Waals surface area contributed by atoms with Crippen LogP contribution in [0.2, 0.25) is 0 Å². The molecule has 0 saturated heterocycles. The predicted octanol–water partition coefficient (Wildman–Crippen LogP) is 2.18. The van der Waals surface area contributed by atoms with Gasteiger partial charge in [-0.15, -0.1) is 13.2 Å². The first-order valence-electron chi connectivity index (χ1n) is 6.16. The number of nitrogens with one attached hydrogen (secondary N) is 1. The van der Waals surface area contributed by atoms with Gasteiger partial charge in [-0.1, -0.05) is 0 Å². The number of amides is 1. The fourth-order valence-electron chi connectivity index (χ4n) is 1.36. The van der Waals surface area contributed by atoms with E-state index < -0.39 is 24.1 Å². The van der Waals surface area contributed by atoms with Crippen LogP contribution in [0, 0.1) is 11.3 Å². The van der Waals surface area contributed by atoms with Gasteiger partial charge < -0.3 is 10.1 Å². The van der Waals surface area contributed by atoms with Crippen molar-refractivity contribution in [3.63, 3.8) is 0 Å². The Kier molecular flexibility index (Phi) is 6.62. The maximum absolute atomic E-state index is 12.0. The van der Waals surface area contributed by atoms with Crippen LogP contribution >= 0.6 is 0 Å². The zero-order chi connectivity index (χ0) is 16.6. The minimum absolute atomic E-state index is 0.0752. The summed E-state index contributed by atoms with van der Waals surface area (Å²) in [5.74, 6) is -1.08. The quantitative estimate of drug-likeness (QED) is 0.473. The van der Waals surface area contributed by atoms with Crippen molar-refractivity contribution < 1.29 is 32.5 Å². The molecule has 0 aliphatic rings. The van der Waals surface area contributed by atoms with Gasteiger partial charge in [-0.2, -0.15) is 5.26 Å². The maximum Gasteiger partial charge on any atom is 0.573 e. The van der Waals surface area contributed by atoms with Crippen LogP contribution < -0.4 is 10.1 Å². The maximum atomic E-state index is 12.0. The summed E-state index contributed by atoms with van der Waals surface area (Å²) in [5.41, 5.74) is 0.0752. The number of hydrogen-bond donors (Lipinski definition) is 1. The summed E-state index contributed by atoms with van der Waals surface area (Å²) in [6, 6.07) is 5.14. The van der Waals surface area contributed by atoms with E-state index in [1.807, 2.05) is 0 Å². The molecule has 1 aromatic carbocycles. The molecule has 1 unspecified atom stereocenters. The van der Waals surface area contributed by atoms with Crippen molar-refractivity contribution in [3.05, 3.63) is 29.8 Å². The van der Waals surface area contributed by atoms with Crippen LogP contribution in [0.15, 0.2) is 24.3 Å². The van der Waals surface area contributed by atoms with Gasteiger partial charge in [0, 0.05) is 5.56 Å². The molecule has 0 heterocycles. The summed E-state index contributed by atoms with van der Waals surface area (Å²) in [5, 5.41) is 11.2. The Bertz CT molecular complexity index is 526. The Morgan fingerprint density at radius 2 is 1.95 bits per heavy atom. The van der Waals surface area contributed by atoms with Crippen molar-refractivity contribution in [2.45, 2.75) is 19.3 Å². The lowest BCUT2D eigenvalue weighted by atomic mass is 10.2.